The summed E-state index contributed by atoms with van der Waals surface area (Å²) in [6, 6.07) is 11.8. The van der Waals surface area contributed by atoms with Gasteiger partial charge in [0.05, 0.1) is 13.1 Å². The molecule has 28 heavy (non-hydrogen) atoms. The Morgan fingerprint density at radius 3 is 2.61 bits per heavy atom. The fourth-order valence-corrected chi connectivity index (χ4v) is 2.78. The zero-order valence-corrected chi connectivity index (χ0v) is 17.6. The molecule has 1 aromatic carbocycles. The summed E-state index contributed by atoms with van der Waals surface area (Å²) in [7, 11) is 0. The second-order valence-electron chi connectivity index (χ2n) is 7.23. The van der Waals surface area contributed by atoms with Crippen LogP contribution in [0.5, 0.6) is 0 Å². The number of hydrogen-bond acceptors (Lipinski definition) is 5. The molecule has 0 fully saturated rings. The first-order valence-corrected chi connectivity index (χ1v) is 9.65. The zero-order valence-electron chi connectivity index (χ0n) is 16.0. The second kappa shape index (κ2) is 8.52. The standard InChI is InChI=1S/C20H22BrN5O2/c1-20(2,3)28-19(27)23-12-17-24-18(15-5-4-10-22-11-15)26(25-17)13-14-6-8-16(21)9-7-14/h4-11H,12-13H2,1-3H3,(H,23,27). The molecule has 8 heteroatoms. The van der Waals surface area contributed by atoms with Crippen LogP contribution in [-0.2, 0) is 17.8 Å². The highest BCUT2D eigenvalue weighted by Crippen LogP contribution is 2.18. The number of halogens is 1. The van der Waals surface area contributed by atoms with E-state index < -0.39 is 11.7 Å². The Morgan fingerprint density at radius 2 is 1.96 bits per heavy atom. The third-order valence-corrected chi connectivity index (χ3v) is 4.20. The van der Waals surface area contributed by atoms with Gasteiger partial charge in [-0.2, -0.15) is 5.10 Å². The molecule has 0 aliphatic rings. The van der Waals surface area contributed by atoms with E-state index in [0.29, 0.717) is 18.2 Å². The van der Waals surface area contributed by atoms with Gasteiger partial charge in [0.25, 0.3) is 0 Å². The van der Waals surface area contributed by atoms with Crippen LogP contribution in [0.4, 0.5) is 4.79 Å². The van der Waals surface area contributed by atoms with E-state index >= 15 is 0 Å². The van der Waals surface area contributed by atoms with Gasteiger partial charge in [0.1, 0.15) is 5.60 Å². The number of carbonyl (C=O) groups is 1. The number of amides is 1. The molecule has 2 heterocycles. The Labute approximate surface area is 172 Å². The summed E-state index contributed by atoms with van der Waals surface area (Å²) in [5.74, 6) is 1.19. The Morgan fingerprint density at radius 1 is 1.21 bits per heavy atom. The lowest BCUT2D eigenvalue weighted by Gasteiger charge is -2.19. The number of aromatic nitrogens is 4. The lowest BCUT2D eigenvalue weighted by atomic mass is 10.2. The van der Waals surface area contributed by atoms with Gasteiger partial charge in [0, 0.05) is 22.4 Å². The van der Waals surface area contributed by atoms with Crippen molar-refractivity contribution in [2.45, 2.75) is 39.5 Å². The van der Waals surface area contributed by atoms with Gasteiger partial charge >= 0.3 is 6.09 Å². The van der Waals surface area contributed by atoms with Crippen molar-refractivity contribution in [2.24, 2.45) is 0 Å². The number of carbonyl (C=O) groups excluding carboxylic acids is 1. The average molecular weight is 444 g/mol. The normalized spacial score (nSPS) is 11.3. The first-order valence-electron chi connectivity index (χ1n) is 8.85. The van der Waals surface area contributed by atoms with Crippen LogP contribution in [0.15, 0.2) is 53.3 Å². The number of nitrogens with zero attached hydrogens (tertiary/aromatic N) is 4. The van der Waals surface area contributed by atoms with Crippen molar-refractivity contribution in [3.8, 4) is 11.4 Å². The minimum atomic E-state index is -0.556. The largest absolute Gasteiger partial charge is 0.444 e. The lowest BCUT2D eigenvalue weighted by Crippen LogP contribution is -2.32. The maximum Gasteiger partial charge on any atom is 0.408 e. The van der Waals surface area contributed by atoms with Gasteiger partial charge in [-0.05, 0) is 50.6 Å². The number of alkyl carbamates (subject to hydrolysis) is 1. The van der Waals surface area contributed by atoms with Crippen LogP contribution in [0.25, 0.3) is 11.4 Å². The van der Waals surface area contributed by atoms with Gasteiger partial charge in [-0.15, -0.1) is 0 Å². The van der Waals surface area contributed by atoms with Gasteiger partial charge in [-0.25, -0.2) is 14.5 Å². The summed E-state index contributed by atoms with van der Waals surface area (Å²) in [6.07, 6.45) is 2.96. The summed E-state index contributed by atoms with van der Waals surface area (Å²) in [5, 5.41) is 7.27. The van der Waals surface area contributed by atoms with Crippen LogP contribution in [0.1, 0.15) is 32.2 Å². The minimum absolute atomic E-state index is 0.176. The van der Waals surface area contributed by atoms with E-state index in [1.807, 2.05) is 61.9 Å². The molecule has 146 valence electrons. The van der Waals surface area contributed by atoms with Gasteiger partial charge in [0.2, 0.25) is 0 Å². The summed E-state index contributed by atoms with van der Waals surface area (Å²) < 4.78 is 8.09. The van der Waals surface area contributed by atoms with Gasteiger partial charge < -0.3 is 10.1 Å². The molecule has 3 aromatic rings. The molecule has 0 saturated carbocycles. The number of nitrogens with one attached hydrogen (secondary N) is 1. The Kier molecular flexibility index (Phi) is 6.08. The van der Waals surface area contributed by atoms with E-state index in [9.17, 15) is 4.79 Å². The van der Waals surface area contributed by atoms with Gasteiger partial charge in [-0.3, -0.25) is 4.98 Å². The third-order valence-electron chi connectivity index (χ3n) is 3.67. The minimum Gasteiger partial charge on any atom is -0.444 e. The Balaban J connectivity index is 1.81. The first-order chi connectivity index (χ1) is 13.3. The van der Waals surface area contributed by atoms with Crippen LogP contribution in [0.2, 0.25) is 0 Å². The molecule has 7 nitrogen and oxygen atoms in total. The highest BCUT2D eigenvalue weighted by Gasteiger charge is 2.17. The Hall–Kier alpha value is -2.74. The molecule has 0 radical (unpaired) electrons. The van der Waals surface area contributed by atoms with Crippen molar-refractivity contribution >= 4 is 22.0 Å². The maximum absolute atomic E-state index is 11.9. The predicted octanol–water partition coefficient (Wildman–Crippen LogP) is 4.18. The van der Waals surface area contributed by atoms with Crippen molar-refractivity contribution in [3.05, 3.63) is 64.7 Å². The first kappa shape index (κ1) is 20.0. The van der Waals surface area contributed by atoms with Gasteiger partial charge in [-0.1, -0.05) is 28.1 Å². The number of pyridine rings is 1. The van der Waals surface area contributed by atoms with Crippen LogP contribution in [-0.4, -0.2) is 31.4 Å². The molecule has 0 bridgehead atoms. The number of ether oxygens (including phenoxy) is 1. The summed E-state index contributed by atoms with van der Waals surface area (Å²) in [4.78, 5) is 20.7. The molecular formula is C20H22BrN5O2. The highest BCUT2D eigenvalue weighted by molar-refractivity contribution is 9.10. The second-order valence-corrected chi connectivity index (χ2v) is 8.15. The lowest BCUT2D eigenvalue weighted by molar-refractivity contribution is 0.0522. The van der Waals surface area contributed by atoms with E-state index in [0.717, 1.165) is 15.6 Å². The molecule has 0 spiro atoms. The molecule has 0 aliphatic carbocycles. The van der Waals surface area contributed by atoms with Crippen LogP contribution >= 0.6 is 15.9 Å². The molecule has 3 rings (SSSR count). The van der Waals surface area contributed by atoms with E-state index in [1.54, 1.807) is 12.4 Å². The van der Waals surface area contributed by atoms with Crippen molar-refractivity contribution in [2.75, 3.05) is 0 Å². The molecule has 0 unspecified atom stereocenters. The molecule has 1 amide bonds. The number of rotatable bonds is 5. The predicted molar refractivity (Wildman–Crippen MR) is 110 cm³/mol. The number of hydrogen-bond donors (Lipinski definition) is 1. The average Bonchev–Trinajstić information content (AvgIpc) is 3.04. The Bertz CT molecular complexity index is 933. The highest BCUT2D eigenvalue weighted by atomic mass is 79.9. The maximum atomic E-state index is 11.9. The monoisotopic (exact) mass is 443 g/mol. The molecule has 0 atom stereocenters. The van der Waals surface area contributed by atoms with Crippen LogP contribution in [0.3, 0.4) is 0 Å². The smallest absolute Gasteiger partial charge is 0.408 e. The number of benzene rings is 1. The molecule has 0 aliphatic heterocycles. The molecule has 0 saturated heterocycles. The quantitative estimate of drug-likeness (QED) is 0.639. The van der Waals surface area contributed by atoms with E-state index in [4.69, 9.17) is 4.74 Å². The zero-order chi connectivity index (χ0) is 20.1. The fourth-order valence-electron chi connectivity index (χ4n) is 2.51. The topological polar surface area (TPSA) is 81.9 Å². The van der Waals surface area contributed by atoms with Gasteiger partial charge in [0.15, 0.2) is 11.6 Å². The SMILES string of the molecule is CC(C)(C)OC(=O)NCc1nc(-c2cccnc2)n(Cc2ccc(Br)cc2)n1. The molecule has 2 aromatic heterocycles. The van der Waals surface area contributed by atoms with Crippen molar-refractivity contribution in [1.29, 1.82) is 0 Å². The molecular weight excluding hydrogens is 422 g/mol. The van der Waals surface area contributed by atoms with E-state index in [2.05, 4.69) is 36.3 Å². The van der Waals surface area contributed by atoms with Crippen LogP contribution < -0.4 is 5.32 Å². The summed E-state index contributed by atoms with van der Waals surface area (Å²) in [6.45, 7) is 6.18. The van der Waals surface area contributed by atoms with E-state index in [1.165, 1.54) is 0 Å². The third kappa shape index (κ3) is 5.63. The van der Waals surface area contributed by atoms with Crippen molar-refractivity contribution in [3.63, 3.8) is 0 Å². The van der Waals surface area contributed by atoms with E-state index in [-0.39, 0.29) is 6.54 Å². The molecule has 1 N–H and O–H groups in total. The summed E-state index contributed by atoms with van der Waals surface area (Å²) in [5.41, 5.74) is 1.39. The van der Waals surface area contributed by atoms with Crippen molar-refractivity contribution < 1.29 is 9.53 Å². The summed E-state index contributed by atoms with van der Waals surface area (Å²) >= 11 is 3.45. The fraction of sp³-hybridized carbons (Fsp3) is 0.300. The van der Waals surface area contributed by atoms with Crippen LogP contribution in [0, 0.1) is 0 Å². The van der Waals surface area contributed by atoms with Crippen molar-refractivity contribution in [1.82, 2.24) is 25.1 Å².